The van der Waals surface area contributed by atoms with Crippen molar-refractivity contribution in [3.05, 3.63) is 56.7 Å². The highest BCUT2D eigenvalue weighted by molar-refractivity contribution is 7.07. The van der Waals surface area contributed by atoms with Crippen LogP contribution in [0, 0.1) is 6.92 Å². The summed E-state index contributed by atoms with van der Waals surface area (Å²) in [6, 6.07) is 8.78. The van der Waals surface area contributed by atoms with E-state index in [0.29, 0.717) is 6.04 Å². The molecule has 3 heteroatoms. The van der Waals surface area contributed by atoms with Gasteiger partial charge in [0.25, 0.3) is 0 Å². The number of rotatable bonds is 4. The fourth-order valence-electron chi connectivity index (χ4n) is 1.86. The molecule has 0 spiro atoms. The third-order valence-electron chi connectivity index (χ3n) is 2.97. The Morgan fingerprint density at radius 1 is 1.35 bits per heavy atom. The molecule has 1 heterocycles. The first-order valence-corrected chi connectivity index (χ1v) is 6.97. The largest absolute Gasteiger partial charge is 0.313 e. The summed E-state index contributed by atoms with van der Waals surface area (Å²) < 4.78 is 0. The van der Waals surface area contributed by atoms with Gasteiger partial charge >= 0.3 is 0 Å². The Bertz CT molecular complexity index is 479. The highest BCUT2D eigenvalue weighted by Gasteiger charge is 2.11. The topological polar surface area (TPSA) is 12.0 Å². The van der Waals surface area contributed by atoms with E-state index in [-0.39, 0.29) is 0 Å². The molecule has 2 rings (SSSR count). The SMILES string of the molecule is CNC(Cc1ccsc1)c1ccc(C)c(Cl)c1. The molecule has 0 fully saturated rings. The van der Waals surface area contributed by atoms with Crippen LogP contribution in [0.5, 0.6) is 0 Å². The quantitative estimate of drug-likeness (QED) is 0.873. The highest BCUT2D eigenvalue weighted by atomic mass is 35.5. The first-order valence-electron chi connectivity index (χ1n) is 5.65. The zero-order valence-corrected chi connectivity index (χ0v) is 11.6. The molecule has 1 aromatic carbocycles. The number of benzene rings is 1. The second-order valence-electron chi connectivity index (χ2n) is 4.19. The summed E-state index contributed by atoms with van der Waals surface area (Å²) in [5, 5.41) is 8.50. The molecule has 0 amide bonds. The van der Waals surface area contributed by atoms with Gasteiger partial charge in [-0.15, -0.1) is 0 Å². The van der Waals surface area contributed by atoms with Crippen LogP contribution in [0.3, 0.4) is 0 Å². The van der Waals surface area contributed by atoms with Gasteiger partial charge in [0, 0.05) is 11.1 Å². The lowest BCUT2D eigenvalue weighted by molar-refractivity contribution is 0.593. The fourth-order valence-corrected chi connectivity index (χ4v) is 2.73. The van der Waals surface area contributed by atoms with Crippen LogP contribution < -0.4 is 5.32 Å². The van der Waals surface area contributed by atoms with Crippen LogP contribution in [-0.2, 0) is 6.42 Å². The Kier molecular flexibility index (Phi) is 4.21. The molecule has 0 bridgehead atoms. The predicted molar refractivity (Wildman–Crippen MR) is 76.0 cm³/mol. The minimum absolute atomic E-state index is 0.322. The van der Waals surface area contributed by atoms with E-state index in [4.69, 9.17) is 11.6 Å². The molecular weight excluding hydrogens is 250 g/mol. The maximum absolute atomic E-state index is 6.17. The monoisotopic (exact) mass is 265 g/mol. The molecule has 1 atom stereocenters. The number of thiophene rings is 1. The number of hydrogen-bond donors (Lipinski definition) is 1. The number of likely N-dealkylation sites (N-methyl/N-ethyl adjacent to an activating group) is 1. The third-order valence-corrected chi connectivity index (χ3v) is 4.11. The van der Waals surface area contributed by atoms with Gasteiger partial charge in [0.15, 0.2) is 0 Å². The molecule has 0 saturated carbocycles. The minimum Gasteiger partial charge on any atom is -0.313 e. The fraction of sp³-hybridized carbons (Fsp3) is 0.286. The molecular formula is C14H16ClNS. The van der Waals surface area contributed by atoms with Crippen molar-refractivity contribution >= 4 is 22.9 Å². The van der Waals surface area contributed by atoms with E-state index in [1.54, 1.807) is 11.3 Å². The zero-order valence-electron chi connectivity index (χ0n) is 10.0. The van der Waals surface area contributed by atoms with Crippen molar-refractivity contribution in [2.45, 2.75) is 19.4 Å². The van der Waals surface area contributed by atoms with E-state index >= 15 is 0 Å². The Morgan fingerprint density at radius 3 is 2.76 bits per heavy atom. The molecule has 0 aliphatic carbocycles. The van der Waals surface area contributed by atoms with Gasteiger partial charge < -0.3 is 5.32 Å². The number of halogens is 1. The summed E-state index contributed by atoms with van der Waals surface area (Å²) in [6.45, 7) is 2.03. The van der Waals surface area contributed by atoms with Crippen LogP contribution in [0.2, 0.25) is 5.02 Å². The average molecular weight is 266 g/mol. The van der Waals surface area contributed by atoms with Gasteiger partial charge in [-0.2, -0.15) is 11.3 Å². The zero-order chi connectivity index (χ0) is 12.3. The summed E-state index contributed by atoms with van der Waals surface area (Å²) in [4.78, 5) is 0. The molecule has 1 N–H and O–H groups in total. The van der Waals surface area contributed by atoms with Crippen LogP contribution in [0.1, 0.15) is 22.7 Å². The lowest BCUT2D eigenvalue weighted by atomic mass is 10.00. The smallest absolute Gasteiger partial charge is 0.0438 e. The molecule has 2 aromatic rings. The summed E-state index contributed by atoms with van der Waals surface area (Å²) in [7, 11) is 1.99. The Balaban J connectivity index is 2.20. The van der Waals surface area contributed by atoms with Gasteiger partial charge in [0.2, 0.25) is 0 Å². The Hall–Kier alpha value is -0.830. The highest BCUT2D eigenvalue weighted by Crippen LogP contribution is 2.24. The molecule has 0 radical (unpaired) electrons. The van der Waals surface area contributed by atoms with E-state index in [9.17, 15) is 0 Å². The van der Waals surface area contributed by atoms with E-state index in [1.165, 1.54) is 11.1 Å². The summed E-state index contributed by atoms with van der Waals surface area (Å²) in [6.07, 6.45) is 0.999. The van der Waals surface area contributed by atoms with Crippen LogP contribution in [-0.4, -0.2) is 7.05 Å². The first kappa shape index (κ1) is 12.6. The van der Waals surface area contributed by atoms with Crippen molar-refractivity contribution < 1.29 is 0 Å². The molecule has 17 heavy (non-hydrogen) atoms. The van der Waals surface area contributed by atoms with Gasteiger partial charge in [0.05, 0.1) is 0 Å². The Labute approximate surface area is 111 Å². The molecule has 0 saturated heterocycles. The molecule has 1 nitrogen and oxygen atoms in total. The van der Waals surface area contributed by atoms with E-state index in [1.807, 2.05) is 14.0 Å². The van der Waals surface area contributed by atoms with Crippen molar-refractivity contribution in [3.8, 4) is 0 Å². The van der Waals surface area contributed by atoms with E-state index in [2.05, 4.69) is 40.3 Å². The molecule has 0 aliphatic rings. The lowest BCUT2D eigenvalue weighted by Crippen LogP contribution is -2.18. The normalized spacial score (nSPS) is 12.6. The van der Waals surface area contributed by atoms with Gasteiger partial charge in [0.1, 0.15) is 0 Å². The maximum Gasteiger partial charge on any atom is 0.0438 e. The molecule has 1 aromatic heterocycles. The van der Waals surface area contributed by atoms with Crippen LogP contribution in [0.25, 0.3) is 0 Å². The first-order chi connectivity index (χ1) is 8.20. The number of hydrogen-bond acceptors (Lipinski definition) is 2. The average Bonchev–Trinajstić information content (AvgIpc) is 2.82. The van der Waals surface area contributed by atoms with Gasteiger partial charge in [-0.1, -0.05) is 23.7 Å². The van der Waals surface area contributed by atoms with Crippen molar-refractivity contribution in [2.75, 3.05) is 7.05 Å². The van der Waals surface area contributed by atoms with Gasteiger partial charge in [-0.25, -0.2) is 0 Å². The summed E-state index contributed by atoms with van der Waals surface area (Å²) >= 11 is 7.91. The van der Waals surface area contributed by atoms with Crippen molar-refractivity contribution in [1.82, 2.24) is 5.32 Å². The minimum atomic E-state index is 0.322. The number of aryl methyl sites for hydroxylation is 1. The second kappa shape index (κ2) is 5.67. The molecule has 90 valence electrons. The van der Waals surface area contributed by atoms with Crippen LogP contribution in [0.15, 0.2) is 35.0 Å². The number of nitrogens with one attached hydrogen (secondary N) is 1. The predicted octanol–water partition coefficient (Wildman–Crippen LogP) is 4.21. The van der Waals surface area contributed by atoms with Crippen molar-refractivity contribution in [2.24, 2.45) is 0 Å². The van der Waals surface area contributed by atoms with Crippen LogP contribution in [0.4, 0.5) is 0 Å². The summed E-state index contributed by atoms with van der Waals surface area (Å²) in [5.41, 5.74) is 3.74. The maximum atomic E-state index is 6.17. The third kappa shape index (κ3) is 3.09. The van der Waals surface area contributed by atoms with Crippen LogP contribution >= 0.6 is 22.9 Å². The van der Waals surface area contributed by atoms with Gasteiger partial charge in [-0.3, -0.25) is 0 Å². The van der Waals surface area contributed by atoms with E-state index < -0.39 is 0 Å². The van der Waals surface area contributed by atoms with E-state index in [0.717, 1.165) is 17.0 Å². The summed E-state index contributed by atoms with van der Waals surface area (Å²) in [5.74, 6) is 0. The van der Waals surface area contributed by atoms with Crippen molar-refractivity contribution in [1.29, 1.82) is 0 Å². The standard InChI is InChI=1S/C14H16ClNS/c1-10-3-4-12(8-13(10)15)14(16-2)7-11-5-6-17-9-11/h3-6,8-9,14,16H,7H2,1-2H3. The van der Waals surface area contributed by atoms with Gasteiger partial charge in [-0.05, 0) is 60.0 Å². The molecule has 0 aliphatic heterocycles. The Morgan fingerprint density at radius 2 is 2.18 bits per heavy atom. The molecule has 1 unspecified atom stereocenters. The second-order valence-corrected chi connectivity index (χ2v) is 5.37. The van der Waals surface area contributed by atoms with Crippen molar-refractivity contribution in [3.63, 3.8) is 0 Å². The lowest BCUT2D eigenvalue weighted by Gasteiger charge is -2.16.